The highest BCUT2D eigenvalue weighted by Gasteiger charge is 2.33. The SMILES string of the molecule is O/N=C/c1ccc(C#CC2(O)COC2)o1. The van der Waals surface area contributed by atoms with Gasteiger partial charge in [0.25, 0.3) is 0 Å². The van der Waals surface area contributed by atoms with Gasteiger partial charge in [-0.15, -0.1) is 0 Å². The van der Waals surface area contributed by atoms with Crippen LogP contribution in [0.2, 0.25) is 0 Å². The predicted octanol–water partition coefficient (Wildman–Crippen LogP) is 0.201. The van der Waals surface area contributed by atoms with Gasteiger partial charge in [-0.05, 0) is 18.1 Å². The highest BCUT2D eigenvalue weighted by Crippen LogP contribution is 2.15. The minimum atomic E-state index is -1.04. The molecular formula is C10H9NO4. The van der Waals surface area contributed by atoms with Crippen LogP contribution in [0.25, 0.3) is 0 Å². The summed E-state index contributed by atoms with van der Waals surface area (Å²) in [6.07, 6.45) is 1.16. The second-order valence-electron chi connectivity index (χ2n) is 3.22. The van der Waals surface area contributed by atoms with E-state index in [9.17, 15) is 5.11 Å². The lowest BCUT2D eigenvalue weighted by Gasteiger charge is -2.30. The summed E-state index contributed by atoms with van der Waals surface area (Å²) in [5.41, 5.74) is -1.04. The summed E-state index contributed by atoms with van der Waals surface area (Å²) >= 11 is 0. The van der Waals surface area contributed by atoms with Crippen molar-refractivity contribution in [2.45, 2.75) is 5.60 Å². The standard InChI is InChI=1S/C10H9NO4/c12-10(6-14-7-10)4-3-8-1-2-9(15-8)5-11-13/h1-2,5,12-13H,6-7H2/b11-5+. The summed E-state index contributed by atoms with van der Waals surface area (Å²) in [5, 5.41) is 20.6. The van der Waals surface area contributed by atoms with Gasteiger partial charge in [0.05, 0.1) is 13.2 Å². The Morgan fingerprint density at radius 3 is 2.87 bits per heavy atom. The molecule has 1 aliphatic heterocycles. The molecule has 0 aliphatic carbocycles. The first-order valence-corrected chi connectivity index (χ1v) is 4.32. The molecule has 15 heavy (non-hydrogen) atoms. The summed E-state index contributed by atoms with van der Waals surface area (Å²) in [7, 11) is 0. The highest BCUT2D eigenvalue weighted by molar-refractivity contribution is 5.75. The molecule has 0 bridgehead atoms. The van der Waals surface area contributed by atoms with E-state index >= 15 is 0 Å². The molecule has 78 valence electrons. The lowest BCUT2D eigenvalue weighted by Crippen LogP contribution is -2.48. The summed E-state index contributed by atoms with van der Waals surface area (Å²) in [4.78, 5) is 0. The molecule has 0 unspecified atom stereocenters. The van der Waals surface area contributed by atoms with Crippen LogP contribution in [-0.2, 0) is 4.74 Å². The Morgan fingerprint density at radius 2 is 2.27 bits per heavy atom. The highest BCUT2D eigenvalue weighted by atomic mass is 16.5. The van der Waals surface area contributed by atoms with E-state index in [4.69, 9.17) is 14.4 Å². The normalized spacial score (nSPS) is 18.2. The predicted molar refractivity (Wildman–Crippen MR) is 50.7 cm³/mol. The fraction of sp³-hybridized carbons (Fsp3) is 0.300. The molecule has 5 heteroatoms. The summed E-state index contributed by atoms with van der Waals surface area (Å²) in [5.74, 6) is 6.13. The number of aliphatic hydroxyl groups is 1. The molecular weight excluding hydrogens is 198 g/mol. The van der Waals surface area contributed by atoms with Crippen LogP contribution in [-0.4, -0.2) is 35.3 Å². The van der Waals surface area contributed by atoms with Crippen molar-refractivity contribution >= 4 is 6.21 Å². The van der Waals surface area contributed by atoms with Crippen molar-refractivity contribution < 1.29 is 19.5 Å². The molecule has 1 saturated heterocycles. The van der Waals surface area contributed by atoms with Crippen LogP contribution in [0.15, 0.2) is 21.7 Å². The molecule has 5 nitrogen and oxygen atoms in total. The molecule has 0 radical (unpaired) electrons. The Kier molecular flexibility index (Phi) is 2.46. The van der Waals surface area contributed by atoms with E-state index in [-0.39, 0.29) is 13.2 Å². The average molecular weight is 207 g/mol. The van der Waals surface area contributed by atoms with Gasteiger partial charge in [-0.2, -0.15) is 0 Å². The largest absolute Gasteiger partial charge is 0.447 e. The lowest BCUT2D eigenvalue weighted by atomic mass is 10.0. The molecule has 0 aromatic carbocycles. The molecule has 2 heterocycles. The molecule has 1 fully saturated rings. The smallest absolute Gasteiger partial charge is 0.177 e. The summed E-state index contributed by atoms with van der Waals surface area (Å²) in [6, 6.07) is 3.25. The number of ether oxygens (including phenoxy) is 1. The van der Waals surface area contributed by atoms with Crippen LogP contribution in [0, 0.1) is 11.8 Å². The average Bonchev–Trinajstić information content (AvgIpc) is 2.60. The van der Waals surface area contributed by atoms with Crippen molar-refractivity contribution in [2.24, 2.45) is 5.16 Å². The Hall–Kier alpha value is -1.77. The van der Waals surface area contributed by atoms with Crippen LogP contribution in [0.5, 0.6) is 0 Å². The van der Waals surface area contributed by atoms with Crippen molar-refractivity contribution in [1.29, 1.82) is 0 Å². The Bertz CT molecular complexity index is 434. The zero-order valence-electron chi connectivity index (χ0n) is 7.80. The maximum absolute atomic E-state index is 9.57. The van der Waals surface area contributed by atoms with E-state index in [0.717, 1.165) is 6.21 Å². The maximum Gasteiger partial charge on any atom is 0.177 e. The van der Waals surface area contributed by atoms with Gasteiger partial charge in [-0.25, -0.2) is 0 Å². The number of oxime groups is 1. The van der Waals surface area contributed by atoms with Crippen LogP contribution in [0.1, 0.15) is 11.5 Å². The zero-order chi connectivity index (χ0) is 10.7. The number of furan rings is 1. The first-order valence-electron chi connectivity index (χ1n) is 4.32. The van der Waals surface area contributed by atoms with Crippen molar-refractivity contribution in [3.8, 4) is 11.8 Å². The number of nitrogens with zero attached hydrogens (tertiary/aromatic N) is 1. The Labute approximate surface area is 86.0 Å². The molecule has 0 saturated carbocycles. The van der Waals surface area contributed by atoms with Gasteiger partial charge < -0.3 is 19.5 Å². The first kappa shape index (κ1) is 9.77. The number of rotatable bonds is 1. The Morgan fingerprint density at radius 1 is 1.47 bits per heavy atom. The van der Waals surface area contributed by atoms with Crippen LogP contribution < -0.4 is 0 Å². The zero-order valence-corrected chi connectivity index (χ0v) is 7.80. The van der Waals surface area contributed by atoms with E-state index < -0.39 is 5.60 Å². The third-order valence-electron chi connectivity index (χ3n) is 1.91. The van der Waals surface area contributed by atoms with Crippen molar-refractivity contribution in [1.82, 2.24) is 0 Å². The number of hydrogen-bond acceptors (Lipinski definition) is 5. The maximum atomic E-state index is 9.57. The van der Waals surface area contributed by atoms with E-state index in [1.165, 1.54) is 0 Å². The molecule has 2 N–H and O–H groups in total. The first-order chi connectivity index (χ1) is 7.22. The van der Waals surface area contributed by atoms with E-state index in [0.29, 0.717) is 11.5 Å². The van der Waals surface area contributed by atoms with Gasteiger partial charge in [0.2, 0.25) is 0 Å². The van der Waals surface area contributed by atoms with Crippen LogP contribution in [0.4, 0.5) is 0 Å². The number of hydrogen-bond donors (Lipinski definition) is 2. The van der Waals surface area contributed by atoms with E-state index in [1.807, 2.05) is 0 Å². The topological polar surface area (TPSA) is 75.2 Å². The van der Waals surface area contributed by atoms with Crippen molar-refractivity contribution in [3.05, 3.63) is 23.7 Å². The Balaban J connectivity index is 2.10. The molecule has 1 aromatic rings. The molecule has 0 spiro atoms. The minimum Gasteiger partial charge on any atom is -0.447 e. The summed E-state index contributed by atoms with van der Waals surface area (Å²) in [6.45, 7) is 0.456. The van der Waals surface area contributed by atoms with Crippen LogP contribution >= 0.6 is 0 Å². The van der Waals surface area contributed by atoms with Crippen molar-refractivity contribution in [2.75, 3.05) is 13.2 Å². The fourth-order valence-electron chi connectivity index (χ4n) is 1.09. The molecule has 1 aromatic heterocycles. The van der Waals surface area contributed by atoms with Gasteiger partial charge in [-0.1, -0.05) is 11.1 Å². The van der Waals surface area contributed by atoms with Crippen molar-refractivity contribution in [3.63, 3.8) is 0 Å². The quantitative estimate of drug-likeness (QED) is 0.298. The van der Waals surface area contributed by atoms with Gasteiger partial charge >= 0.3 is 0 Å². The fourth-order valence-corrected chi connectivity index (χ4v) is 1.09. The third-order valence-corrected chi connectivity index (χ3v) is 1.91. The van der Waals surface area contributed by atoms with Crippen LogP contribution in [0.3, 0.4) is 0 Å². The monoisotopic (exact) mass is 207 g/mol. The summed E-state index contributed by atoms with van der Waals surface area (Å²) < 4.78 is 9.99. The molecule has 0 amide bonds. The minimum absolute atomic E-state index is 0.228. The second-order valence-corrected chi connectivity index (χ2v) is 3.22. The molecule has 1 aliphatic rings. The van der Waals surface area contributed by atoms with Gasteiger partial charge in [0.1, 0.15) is 12.0 Å². The van der Waals surface area contributed by atoms with E-state index in [1.54, 1.807) is 12.1 Å². The third kappa shape index (κ3) is 2.18. The second kappa shape index (κ2) is 3.77. The van der Waals surface area contributed by atoms with Gasteiger partial charge in [0.15, 0.2) is 11.4 Å². The lowest BCUT2D eigenvalue weighted by molar-refractivity contribution is -0.140. The van der Waals surface area contributed by atoms with Gasteiger partial charge in [-0.3, -0.25) is 0 Å². The van der Waals surface area contributed by atoms with Gasteiger partial charge in [0, 0.05) is 0 Å². The molecule has 2 rings (SSSR count). The molecule has 0 atom stereocenters. The van der Waals surface area contributed by atoms with E-state index in [2.05, 4.69) is 17.0 Å².